The molecule has 0 aliphatic carbocycles. The highest BCUT2D eigenvalue weighted by atomic mass is 16.5. The largest absolute Gasteiger partial charge is 0.497 e. The van der Waals surface area contributed by atoms with Gasteiger partial charge in [-0.15, -0.1) is 0 Å². The molecule has 0 radical (unpaired) electrons. The van der Waals surface area contributed by atoms with Crippen molar-refractivity contribution in [1.29, 1.82) is 0 Å². The number of benzene rings is 1. The van der Waals surface area contributed by atoms with E-state index in [1.165, 1.54) is 0 Å². The van der Waals surface area contributed by atoms with Crippen molar-refractivity contribution < 1.29 is 9.47 Å². The molecule has 17 heavy (non-hydrogen) atoms. The molecule has 0 bridgehead atoms. The Balaban J connectivity index is 2.46. The normalized spacial score (nSPS) is 10.0. The van der Waals surface area contributed by atoms with E-state index in [0.29, 0.717) is 5.69 Å². The highest BCUT2D eigenvalue weighted by Crippen LogP contribution is 2.28. The number of rotatable bonds is 3. The number of nitrogens with zero attached hydrogens (tertiary/aromatic N) is 1. The van der Waals surface area contributed by atoms with Gasteiger partial charge in [0.25, 0.3) is 0 Å². The summed E-state index contributed by atoms with van der Waals surface area (Å²) < 4.78 is 10.4. The summed E-state index contributed by atoms with van der Waals surface area (Å²) in [6, 6.07) is 9.31. The maximum Gasteiger partial charge on any atom is 0.123 e. The minimum atomic E-state index is 0.642. The first-order chi connectivity index (χ1) is 8.22. The summed E-state index contributed by atoms with van der Waals surface area (Å²) in [6.07, 6.45) is 1.63. The van der Waals surface area contributed by atoms with Crippen molar-refractivity contribution in [2.75, 3.05) is 20.0 Å². The van der Waals surface area contributed by atoms with Crippen molar-refractivity contribution in [3.05, 3.63) is 36.5 Å². The van der Waals surface area contributed by atoms with E-state index in [1.807, 2.05) is 30.3 Å². The molecule has 4 heteroatoms. The van der Waals surface area contributed by atoms with Crippen LogP contribution in [0.4, 0.5) is 5.69 Å². The van der Waals surface area contributed by atoms with Gasteiger partial charge >= 0.3 is 0 Å². The number of nitrogens with two attached hydrogens (primary N) is 1. The Kier molecular flexibility index (Phi) is 3.14. The standard InChI is InChI=1S/C13H14N2O2/c1-16-11-5-9(6-12(7-11)17-2)13-4-3-10(14)8-15-13/h3-8H,14H2,1-2H3. The van der Waals surface area contributed by atoms with E-state index >= 15 is 0 Å². The number of anilines is 1. The van der Waals surface area contributed by atoms with Crippen molar-refractivity contribution in [2.45, 2.75) is 0 Å². The highest BCUT2D eigenvalue weighted by molar-refractivity contribution is 5.64. The minimum absolute atomic E-state index is 0.642. The lowest BCUT2D eigenvalue weighted by Gasteiger charge is -2.08. The summed E-state index contributed by atoms with van der Waals surface area (Å²) in [5.41, 5.74) is 8.01. The SMILES string of the molecule is COc1cc(OC)cc(-c2ccc(N)cn2)c1. The average molecular weight is 230 g/mol. The molecule has 0 saturated heterocycles. The van der Waals surface area contributed by atoms with Gasteiger partial charge in [-0.25, -0.2) is 0 Å². The van der Waals surface area contributed by atoms with E-state index in [1.54, 1.807) is 20.4 Å². The molecular formula is C13H14N2O2. The average Bonchev–Trinajstić information content (AvgIpc) is 2.39. The van der Waals surface area contributed by atoms with Crippen LogP contribution in [0.15, 0.2) is 36.5 Å². The number of aromatic nitrogens is 1. The maximum atomic E-state index is 5.61. The Morgan fingerprint density at radius 3 is 2.12 bits per heavy atom. The third-order valence-corrected chi connectivity index (χ3v) is 2.43. The Hall–Kier alpha value is -2.23. The van der Waals surface area contributed by atoms with E-state index in [2.05, 4.69) is 4.98 Å². The fourth-order valence-electron chi connectivity index (χ4n) is 1.53. The summed E-state index contributed by atoms with van der Waals surface area (Å²) in [5.74, 6) is 1.47. The Morgan fingerprint density at radius 2 is 1.65 bits per heavy atom. The van der Waals surface area contributed by atoms with E-state index in [0.717, 1.165) is 22.8 Å². The molecule has 0 amide bonds. The second-order valence-corrected chi connectivity index (χ2v) is 3.58. The van der Waals surface area contributed by atoms with E-state index in [4.69, 9.17) is 15.2 Å². The predicted octanol–water partition coefficient (Wildman–Crippen LogP) is 2.35. The zero-order valence-corrected chi connectivity index (χ0v) is 9.81. The lowest BCUT2D eigenvalue weighted by atomic mass is 10.1. The molecular weight excluding hydrogens is 216 g/mol. The smallest absolute Gasteiger partial charge is 0.123 e. The first-order valence-corrected chi connectivity index (χ1v) is 5.18. The first kappa shape index (κ1) is 11.3. The van der Waals surface area contributed by atoms with Crippen molar-refractivity contribution >= 4 is 5.69 Å². The van der Waals surface area contributed by atoms with Gasteiger partial charge in [0.1, 0.15) is 11.5 Å². The maximum absolute atomic E-state index is 5.61. The van der Waals surface area contributed by atoms with Crippen LogP contribution in [0.2, 0.25) is 0 Å². The van der Waals surface area contributed by atoms with Crippen LogP contribution in [0.5, 0.6) is 11.5 Å². The Bertz CT molecular complexity index is 487. The third-order valence-electron chi connectivity index (χ3n) is 2.43. The summed E-state index contributed by atoms with van der Waals surface area (Å²) >= 11 is 0. The van der Waals surface area contributed by atoms with Crippen LogP contribution in [0, 0.1) is 0 Å². The molecule has 1 aromatic carbocycles. The van der Waals surface area contributed by atoms with Gasteiger partial charge in [-0.05, 0) is 24.3 Å². The topological polar surface area (TPSA) is 57.4 Å². The van der Waals surface area contributed by atoms with Crippen molar-refractivity contribution in [2.24, 2.45) is 0 Å². The van der Waals surface area contributed by atoms with Crippen LogP contribution in [-0.2, 0) is 0 Å². The molecule has 0 atom stereocenters. The highest BCUT2D eigenvalue weighted by Gasteiger charge is 2.05. The van der Waals surface area contributed by atoms with Crippen molar-refractivity contribution in [3.63, 3.8) is 0 Å². The molecule has 2 rings (SSSR count). The number of nitrogen functional groups attached to an aromatic ring is 1. The van der Waals surface area contributed by atoms with Gasteiger partial charge in [0.05, 0.1) is 31.8 Å². The summed E-state index contributed by atoms with van der Waals surface area (Å²) in [6.45, 7) is 0. The molecule has 1 heterocycles. The molecule has 0 fully saturated rings. The number of methoxy groups -OCH3 is 2. The summed E-state index contributed by atoms with van der Waals surface area (Å²) in [4.78, 5) is 4.26. The molecule has 0 aliphatic heterocycles. The van der Waals surface area contributed by atoms with Crippen molar-refractivity contribution in [3.8, 4) is 22.8 Å². The Labute approximate surface area is 100 Å². The second kappa shape index (κ2) is 4.74. The number of ether oxygens (including phenoxy) is 2. The predicted molar refractivity (Wildman–Crippen MR) is 67.2 cm³/mol. The fourth-order valence-corrected chi connectivity index (χ4v) is 1.53. The zero-order chi connectivity index (χ0) is 12.3. The summed E-state index contributed by atoms with van der Waals surface area (Å²) in [7, 11) is 3.24. The molecule has 1 aromatic heterocycles. The van der Waals surface area contributed by atoms with Crippen LogP contribution in [0.25, 0.3) is 11.3 Å². The second-order valence-electron chi connectivity index (χ2n) is 3.58. The van der Waals surface area contributed by atoms with Gasteiger partial charge < -0.3 is 15.2 Å². The monoisotopic (exact) mass is 230 g/mol. The zero-order valence-electron chi connectivity index (χ0n) is 9.81. The molecule has 4 nitrogen and oxygen atoms in total. The summed E-state index contributed by atoms with van der Waals surface area (Å²) in [5, 5.41) is 0. The minimum Gasteiger partial charge on any atom is -0.497 e. The number of hydrogen-bond donors (Lipinski definition) is 1. The van der Waals surface area contributed by atoms with E-state index in [9.17, 15) is 0 Å². The van der Waals surface area contributed by atoms with Gasteiger partial charge in [0.2, 0.25) is 0 Å². The lowest BCUT2D eigenvalue weighted by molar-refractivity contribution is 0.394. The van der Waals surface area contributed by atoms with Crippen LogP contribution in [0.1, 0.15) is 0 Å². The quantitative estimate of drug-likeness (QED) is 0.879. The van der Waals surface area contributed by atoms with Crippen LogP contribution in [0.3, 0.4) is 0 Å². The van der Waals surface area contributed by atoms with E-state index in [-0.39, 0.29) is 0 Å². The van der Waals surface area contributed by atoms with Crippen LogP contribution in [-0.4, -0.2) is 19.2 Å². The number of pyridine rings is 1. The molecule has 0 saturated carbocycles. The fraction of sp³-hybridized carbons (Fsp3) is 0.154. The van der Waals surface area contributed by atoms with Gasteiger partial charge in [0.15, 0.2) is 0 Å². The Morgan fingerprint density at radius 1 is 1.00 bits per heavy atom. The molecule has 0 spiro atoms. The molecule has 88 valence electrons. The molecule has 2 N–H and O–H groups in total. The van der Waals surface area contributed by atoms with E-state index < -0.39 is 0 Å². The molecule has 0 unspecified atom stereocenters. The lowest BCUT2D eigenvalue weighted by Crippen LogP contribution is -1.91. The molecule has 0 aliphatic rings. The van der Waals surface area contributed by atoms with Gasteiger partial charge in [0, 0.05) is 11.6 Å². The van der Waals surface area contributed by atoms with Gasteiger partial charge in [-0.2, -0.15) is 0 Å². The first-order valence-electron chi connectivity index (χ1n) is 5.18. The third kappa shape index (κ3) is 2.47. The van der Waals surface area contributed by atoms with Gasteiger partial charge in [-0.3, -0.25) is 4.98 Å². The van der Waals surface area contributed by atoms with Crippen LogP contribution < -0.4 is 15.2 Å². The van der Waals surface area contributed by atoms with Gasteiger partial charge in [-0.1, -0.05) is 0 Å². The molecule has 2 aromatic rings. The number of hydrogen-bond acceptors (Lipinski definition) is 4. The van der Waals surface area contributed by atoms with Crippen molar-refractivity contribution in [1.82, 2.24) is 4.98 Å². The van der Waals surface area contributed by atoms with Crippen LogP contribution >= 0.6 is 0 Å².